The average molecular weight is 388 g/mol. The number of nitrogens with one attached hydrogen (secondary N) is 1. The third-order valence-electron chi connectivity index (χ3n) is 5.85. The topological polar surface area (TPSA) is 61.9 Å². The Labute approximate surface area is 168 Å². The van der Waals surface area contributed by atoms with E-state index in [0.29, 0.717) is 38.5 Å². The highest BCUT2D eigenvalue weighted by Gasteiger charge is 2.28. The molecule has 0 aromatic heterocycles. The van der Waals surface area contributed by atoms with E-state index in [2.05, 4.69) is 11.4 Å². The monoisotopic (exact) mass is 387 g/mol. The van der Waals surface area contributed by atoms with Crippen molar-refractivity contribution < 1.29 is 14.3 Å². The number of benzene rings is 1. The van der Waals surface area contributed by atoms with Crippen molar-refractivity contribution in [3.8, 4) is 5.75 Å². The minimum absolute atomic E-state index is 0.0101. The van der Waals surface area contributed by atoms with Gasteiger partial charge < -0.3 is 19.9 Å². The molecule has 2 saturated heterocycles. The third-order valence-corrected chi connectivity index (χ3v) is 5.85. The van der Waals surface area contributed by atoms with Gasteiger partial charge in [-0.05, 0) is 64.3 Å². The van der Waals surface area contributed by atoms with E-state index in [9.17, 15) is 9.59 Å². The van der Waals surface area contributed by atoms with Crippen LogP contribution in [0, 0.1) is 19.8 Å². The maximum absolute atomic E-state index is 12.7. The zero-order valence-corrected chi connectivity index (χ0v) is 17.4. The quantitative estimate of drug-likeness (QED) is 0.812. The number of aryl methyl sites for hydroxylation is 2. The molecule has 0 radical (unpaired) electrons. The largest absolute Gasteiger partial charge is 0.481 e. The maximum atomic E-state index is 12.7. The first-order valence-electron chi connectivity index (χ1n) is 10.4. The van der Waals surface area contributed by atoms with E-state index in [0.717, 1.165) is 30.8 Å². The number of hydrogen-bond acceptors (Lipinski definition) is 4. The average Bonchev–Trinajstić information content (AvgIpc) is 3.21. The Hall–Kier alpha value is -2.08. The van der Waals surface area contributed by atoms with E-state index < -0.39 is 6.10 Å². The van der Waals surface area contributed by atoms with Gasteiger partial charge in [0.05, 0.1) is 0 Å². The normalized spacial score (nSPS) is 20.9. The van der Waals surface area contributed by atoms with Crippen LogP contribution in [-0.2, 0) is 9.59 Å². The zero-order valence-electron chi connectivity index (χ0n) is 17.4. The molecule has 3 rings (SSSR count). The van der Waals surface area contributed by atoms with Crippen LogP contribution in [0.2, 0.25) is 0 Å². The SMILES string of the molecule is Cc1ccc(OC(C)C(=O)N2CCN(C(=O)CCC3CCNC3)CC2)c(C)c1. The van der Waals surface area contributed by atoms with Crippen LogP contribution < -0.4 is 10.1 Å². The van der Waals surface area contributed by atoms with Crippen molar-refractivity contribution in [2.45, 2.75) is 46.1 Å². The summed E-state index contributed by atoms with van der Waals surface area (Å²) in [5, 5.41) is 3.35. The molecule has 0 aliphatic carbocycles. The van der Waals surface area contributed by atoms with Crippen molar-refractivity contribution in [2.75, 3.05) is 39.3 Å². The molecule has 154 valence electrons. The highest BCUT2D eigenvalue weighted by Crippen LogP contribution is 2.21. The van der Waals surface area contributed by atoms with Crippen LogP contribution in [-0.4, -0.2) is 67.0 Å². The number of amides is 2. The molecule has 0 saturated carbocycles. The van der Waals surface area contributed by atoms with Crippen molar-refractivity contribution in [2.24, 2.45) is 5.92 Å². The first-order valence-corrected chi connectivity index (χ1v) is 10.4. The molecular weight excluding hydrogens is 354 g/mol. The summed E-state index contributed by atoms with van der Waals surface area (Å²) in [4.78, 5) is 28.9. The Morgan fingerprint density at radius 3 is 2.54 bits per heavy atom. The zero-order chi connectivity index (χ0) is 20.1. The Kier molecular flexibility index (Phi) is 6.94. The van der Waals surface area contributed by atoms with E-state index in [1.165, 1.54) is 12.0 Å². The summed E-state index contributed by atoms with van der Waals surface area (Å²) < 4.78 is 5.91. The molecule has 1 aromatic carbocycles. The maximum Gasteiger partial charge on any atom is 0.263 e. The van der Waals surface area contributed by atoms with Crippen LogP contribution in [0.5, 0.6) is 5.75 Å². The number of ether oxygens (including phenoxy) is 1. The van der Waals surface area contributed by atoms with Gasteiger partial charge in [-0.15, -0.1) is 0 Å². The van der Waals surface area contributed by atoms with Gasteiger partial charge in [0, 0.05) is 32.6 Å². The second-order valence-electron chi connectivity index (χ2n) is 8.13. The highest BCUT2D eigenvalue weighted by molar-refractivity contribution is 5.81. The Balaban J connectivity index is 1.44. The van der Waals surface area contributed by atoms with Gasteiger partial charge >= 0.3 is 0 Å². The summed E-state index contributed by atoms with van der Waals surface area (Å²) in [5.74, 6) is 1.60. The number of hydrogen-bond donors (Lipinski definition) is 1. The number of carbonyl (C=O) groups excluding carboxylic acids is 2. The van der Waals surface area contributed by atoms with Crippen molar-refractivity contribution in [1.82, 2.24) is 15.1 Å². The van der Waals surface area contributed by atoms with Crippen molar-refractivity contribution in [3.63, 3.8) is 0 Å². The molecule has 0 bridgehead atoms. The Morgan fingerprint density at radius 1 is 1.18 bits per heavy atom. The fourth-order valence-electron chi connectivity index (χ4n) is 4.05. The van der Waals surface area contributed by atoms with Crippen molar-refractivity contribution in [3.05, 3.63) is 29.3 Å². The third kappa shape index (κ3) is 5.25. The lowest BCUT2D eigenvalue weighted by atomic mass is 10.0. The first-order chi connectivity index (χ1) is 13.4. The molecular formula is C22H33N3O3. The summed E-state index contributed by atoms with van der Waals surface area (Å²) in [7, 11) is 0. The van der Waals surface area contributed by atoms with Crippen LogP contribution in [0.1, 0.15) is 37.3 Å². The molecule has 1 N–H and O–H groups in total. The van der Waals surface area contributed by atoms with E-state index >= 15 is 0 Å². The minimum atomic E-state index is -0.529. The highest BCUT2D eigenvalue weighted by atomic mass is 16.5. The van der Waals surface area contributed by atoms with Crippen molar-refractivity contribution >= 4 is 11.8 Å². The number of carbonyl (C=O) groups is 2. The molecule has 2 heterocycles. The molecule has 2 aliphatic heterocycles. The second kappa shape index (κ2) is 9.41. The first kappa shape index (κ1) is 20.6. The predicted molar refractivity (Wildman–Crippen MR) is 109 cm³/mol. The summed E-state index contributed by atoms with van der Waals surface area (Å²) >= 11 is 0. The molecule has 2 atom stereocenters. The summed E-state index contributed by atoms with van der Waals surface area (Å²) in [6.45, 7) is 10.3. The number of rotatable bonds is 6. The molecule has 1 aromatic rings. The van der Waals surface area contributed by atoms with Gasteiger partial charge in [-0.2, -0.15) is 0 Å². The van der Waals surface area contributed by atoms with Gasteiger partial charge in [-0.25, -0.2) is 0 Å². The molecule has 2 fully saturated rings. The van der Waals surface area contributed by atoms with Crippen LogP contribution in [0.25, 0.3) is 0 Å². The lowest BCUT2D eigenvalue weighted by molar-refractivity contribution is -0.143. The Morgan fingerprint density at radius 2 is 1.89 bits per heavy atom. The number of piperazine rings is 1. The predicted octanol–water partition coefficient (Wildman–Crippen LogP) is 2.13. The molecule has 2 unspecified atom stereocenters. The van der Waals surface area contributed by atoms with E-state index in [1.54, 1.807) is 6.92 Å². The second-order valence-corrected chi connectivity index (χ2v) is 8.13. The smallest absolute Gasteiger partial charge is 0.263 e. The standard InChI is InChI=1S/C22H33N3O3/c1-16-4-6-20(17(2)14-16)28-18(3)22(27)25-12-10-24(11-13-25)21(26)7-5-19-8-9-23-15-19/h4,6,14,18-19,23H,5,7-13,15H2,1-3H3. The van der Waals surface area contributed by atoms with Crippen LogP contribution >= 0.6 is 0 Å². The van der Waals surface area contributed by atoms with Gasteiger partial charge in [0.25, 0.3) is 5.91 Å². The van der Waals surface area contributed by atoms with E-state index in [1.807, 2.05) is 35.8 Å². The van der Waals surface area contributed by atoms with Gasteiger partial charge in [-0.1, -0.05) is 17.7 Å². The van der Waals surface area contributed by atoms with Gasteiger partial charge in [0.15, 0.2) is 6.10 Å². The van der Waals surface area contributed by atoms with Gasteiger partial charge in [-0.3, -0.25) is 9.59 Å². The molecule has 0 spiro atoms. The molecule has 6 heteroatoms. The van der Waals surface area contributed by atoms with Crippen LogP contribution in [0.4, 0.5) is 0 Å². The van der Waals surface area contributed by atoms with Gasteiger partial charge in [0.2, 0.25) is 5.91 Å². The van der Waals surface area contributed by atoms with Crippen LogP contribution in [0.15, 0.2) is 18.2 Å². The molecule has 2 aliphatic rings. The molecule has 2 amide bonds. The number of nitrogens with zero attached hydrogens (tertiary/aromatic N) is 2. The lowest BCUT2D eigenvalue weighted by Crippen LogP contribution is -2.53. The van der Waals surface area contributed by atoms with Gasteiger partial charge in [0.1, 0.15) is 5.75 Å². The minimum Gasteiger partial charge on any atom is -0.481 e. The Bertz CT molecular complexity index is 692. The van der Waals surface area contributed by atoms with Crippen molar-refractivity contribution in [1.29, 1.82) is 0 Å². The van der Waals surface area contributed by atoms with E-state index in [-0.39, 0.29) is 11.8 Å². The summed E-state index contributed by atoms with van der Waals surface area (Å²) in [6, 6.07) is 5.97. The fraction of sp³-hybridized carbons (Fsp3) is 0.636. The molecule has 6 nitrogen and oxygen atoms in total. The summed E-state index contributed by atoms with van der Waals surface area (Å²) in [6.07, 6.45) is 2.23. The lowest BCUT2D eigenvalue weighted by Gasteiger charge is -2.36. The molecule has 28 heavy (non-hydrogen) atoms. The van der Waals surface area contributed by atoms with Crippen LogP contribution in [0.3, 0.4) is 0 Å². The van der Waals surface area contributed by atoms with E-state index in [4.69, 9.17) is 4.74 Å². The fourth-order valence-corrected chi connectivity index (χ4v) is 4.05. The summed E-state index contributed by atoms with van der Waals surface area (Å²) in [5.41, 5.74) is 2.21.